The Kier molecular flexibility index (Phi) is 2.15. The molecule has 0 saturated heterocycles. The Labute approximate surface area is 82.4 Å². The summed E-state index contributed by atoms with van der Waals surface area (Å²) in [5, 5.41) is 9.36. The molecule has 0 unspecified atom stereocenters. The third kappa shape index (κ3) is 1.45. The first-order valence-corrected chi connectivity index (χ1v) is 4.79. The second-order valence-electron chi connectivity index (χ2n) is 3.47. The number of fused-ring (bicyclic) bond motifs is 1. The summed E-state index contributed by atoms with van der Waals surface area (Å²) in [6.45, 7) is 4.00. The second kappa shape index (κ2) is 3.33. The van der Waals surface area contributed by atoms with Gasteiger partial charge >= 0.3 is 0 Å². The molecule has 0 bridgehead atoms. The number of aromatic nitrogens is 1. The van der Waals surface area contributed by atoms with Crippen molar-refractivity contribution >= 4 is 11.1 Å². The summed E-state index contributed by atoms with van der Waals surface area (Å²) < 4.78 is 5.50. The van der Waals surface area contributed by atoms with Crippen molar-refractivity contribution < 1.29 is 9.52 Å². The Morgan fingerprint density at radius 3 is 2.93 bits per heavy atom. The van der Waals surface area contributed by atoms with E-state index in [1.807, 2.05) is 6.92 Å². The van der Waals surface area contributed by atoms with Gasteiger partial charge in [-0.15, -0.1) is 0 Å². The minimum atomic E-state index is 0.231. The first kappa shape index (κ1) is 9.06. The molecule has 0 spiro atoms. The van der Waals surface area contributed by atoms with E-state index >= 15 is 0 Å². The van der Waals surface area contributed by atoms with Gasteiger partial charge in [-0.3, -0.25) is 0 Å². The Morgan fingerprint density at radius 2 is 2.21 bits per heavy atom. The molecular weight excluding hydrogens is 178 g/mol. The summed E-state index contributed by atoms with van der Waals surface area (Å²) in [5.74, 6) is 0.977. The van der Waals surface area contributed by atoms with Gasteiger partial charge in [-0.05, 0) is 25.0 Å². The topological polar surface area (TPSA) is 46.3 Å². The van der Waals surface area contributed by atoms with Gasteiger partial charge in [0.25, 0.3) is 0 Å². The van der Waals surface area contributed by atoms with Gasteiger partial charge in [0.05, 0.1) is 0 Å². The van der Waals surface area contributed by atoms with Crippen molar-refractivity contribution in [1.82, 2.24) is 4.98 Å². The van der Waals surface area contributed by atoms with Gasteiger partial charge in [-0.2, -0.15) is 0 Å². The molecule has 0 radical (unpaired) electrons. The van der Waals surface area contributed by atoms with Gasteiger partial charge in [-0.1, -0.05) is 6.92 Å². The van der Waals surface area contributed by atoms with E-state index in [0.717, 1.165) is 29.8 Å². The molecule has 0 aliphatic carbocycles. The minimum Gasteiger partial charge on any atom is -0.508 e. The van der Waals surface area contributed by atoms with Crippen molar-refractivity contribution in [2.75, 3.05) is 0 Å². The van der Waals surface area contributed by atoms with E-state index in [1.165, 1.54) is 0 Å². The third-order valence-electron chi connectivity index (χ3n) is 2.18. The fourth-order valence-corrected chi connectivity index (χ4v) is 1.55. The Morgan fingerprint density at radius 1 is 1.43 bits per heavy atom. The first-order valence-electron chi connectivity index (χ1n) is 4.79. The van der Waals surface area contributed by atoms with Crippen molar-refractivity contribution in [3.05, 3.63) is 23.6 Å². The normalized spacial score (nSPS) is 11.0. The maximum Gasteiger partial charge on any atom is 0.195 e. The van der Waals surface area contributed by atoms with Crippen LogP contribution in [0.15, 0.2) is 16.5 Å². The largest absolute Gasteiger partial charge is 0.508 e. The summed E-state index contributed by atoms with van der Waals surface area (Å²) in [6, 6.07) is 3.30. The predicted molar refractivity (Wildman–Crippen MR) is 54.4 cm³/mol. The molecule has 1 aromatic carbocycles. The van der Waals surface area contributed by atoms with Gasteiger partial charge in [0.2, 0.25) is 0 Å². The second-order valence-corrected chi connectivity index (χ2v) is 3.47. The lowest BCUT2D eigenvalue weighted by Crippen LogP contribution is -1.81. The van der Waals surface area contributed by atoms with Crippen LogP contribution in [0.25, 0.3) is 11.1 Å². The highest BCUT2D eigenvalue weighted by Crippen LogP contribution is 2.24. The molecule has 0 atom stereocenters. The molecule has 0 fully saturated rings. The summed E-state index contributed by atoms with van der Waals surface area (Å²) in [7, 11) is 0. The van der Waals surface area contributed by atoms with E-state index in [2.05, 4.69) is 11.9 Å². The van der Waals surface area contributed by atoms with Gasteiger partial charge in [0, 0.05) is 12.5 Å². The fourth-order valence-electron chi connectivity index (χ4n) is 1.55. The van der Waals surface area contributed by atoms with Crippen molar-refractivity contribution in [2.45, 2.75) is 26.7 Å². The Hall–Kier alpha value is -1.51. The minimum absolute atomic E-state index is 0.231. The number of hydrogen-bond donors (Lipinski definition) is 1. The van der Waals surface area contributed by atoms with E-state index in [-0.39, 0.29) is 5.75 Å². The predicted octanol–water partition coefficient (Wildman–Crippen LogP) is 2.79. The van der Waals surface area contributed by atoms with Crippen molar-refractivity contribution in [2.24, 2.45) is 0 Å². The van der Waals surface area contributed by atoms with Crippen LogP contribution in [0.4, 0.5) is 0 Å². The molecule has 2 aromatic rings. The van der Waals surface area contributed by atoms with Gasteiger partial charge < -0.3 is 9.52 Å². The number of nitrogens with zero attached hydrogens (tertiary/aromatic N) is 1. The molecule has 1 aromatic heterocycles. The molecule has 14 heavy (non-hydrogen) atoms. The van der Waals surface area contributed by atoms with E-state index in [4.69, 9.17) is 4.42 Å². The molecule has 1 heterocycles. The maximum absolute atomic E-state index is 9.36. The monoisotopic (exact) mass is 191 g/mol. The number of oxazole rings is 1. The van der Waals surface area contributed by atoms with Crippen LogP contribution in [0.1, 0.15) is 24.8 Å². The highest BCUT2D eigenvalue weighted by atomic mass is 16.3. The van der Waals surface area contributed by atoms with Crippen LogP contribution in [0.5, 0.6) is 5.75 Å². The average Bonchev–Trinajstić information content (AvgIpc) is 2.48. The SMILES string of the molecule is CCCc1nc2c(C)cc(O)cc2o1. The molecule has 1 N–H and O–H groups in total. The summed E-state index contributed by atoms with van der Waals surface area (Å²) in [5.41, 5.74) is 2.48. The molecule has 74 valence electrons. The number of aromatic hydroxyl groups is 1. The average molecular weight is 191 g/mol. The zero-order valence-electron chi connectivity index (χ0n) is 8.37. The lowest BCUT2D eigenvalue weighted by molar-refractivity contribution is 0.472. The zero-order valence-corrected chi connectivity index (χ0v) is 8.37. The van der Waals surface area contributed by atoms with Gasteiger partial charge in [-0.25, -0.2) is 4.98 Å². The van der Waals surface area contributed by atoms with E-state index in [0.29, 0.717) is 5.58 Å². The van der Waals surface area contributed by atoms with Crippen LogP contribution >= 0.6 is 0 Å². The maximum atomic E-state index is 9.36. The van der Waals surface area contributed by atoms with Crippen molar-refractivity contribution in [3.8, 4) is 5.75 Å². The molecule has 0 saturated carbocycles. The Balaban J connectivity index is 2.58. The van der Waals surface area contributed by atoms with E-state index in [1.54, 1.807) is 12.1 Å². The van der Waals surface area contributed by atoms with Crippen LogP contribution in [0, 0.1) is 6.92 Å². The number of phenols is 1. The molecule has 0 aliphatic rings. The third-order valence-corrected chi connectivity index (χ3v) is 2.18. The van der Waals surface area contributed by atoms with Crippen LogP contribution in [0.2, 0.25) is 0 Å². The lowest BCUT2D eigenvalue weighted by atomic mass is 10.2. The quantitative estimate of drug-likeness (QED) is 0.793. The standard InChI is InChI=1S/C11H13NO2/c1-3-4-10-12-11-7(2)5-8(13)6-9(11)14-10/h5-6,13H,3-4H2,1-2H3. The molecule has 0 aliphatic heterocycles. The molecule has 0 amide bonds. The summed E-state index contributed by atoms with van der Waals surface area (Å²) in [4.78, 5) is 4.37. The highest BCUT2D eigenvalue weighted by Gasteiger charge is 2.08. The summed E-state index contributed by atoms with van der Waals surface area (Å²) in [6.07, 6.45) is 1.85. The number of hydrogen-bond acceptors (Lipinski definition) is 3. The van der Waals surface area contributed by atoms with E-state index < -0.39 is 0 Å². The van der Waals surface area contributed by atoms with Gasteiger partial charge in [0.15, 0.2) is 11.5 Å². The van der Waals surface area contributed by atoms with E-state index in [9.17, 15) is 5.11 Å². The van der Waals surface area contributed by atoms with Gasteiger partial charge in [0.1, 0.15) is 11.3 Å². The smallest absolute Gasteiger partial charge is 0.195 e. The Bertz CT molecular complexity index is 460. The molecular formula is C11H13NO2. The van der Waals surface area contributed by atoms with Crippen molar-refractivity contribution in [1.29, 1.82) is 0 Å². The first-order chi connectivity index (χ1) is 6.70. The zero-order chi connectivity index (χ0) is 10.1. The number of phenolic OH excluding ortho intramolecular Hbond substituents is 1. The van der Waals surface area contributed by atoms with Crippen LogP contribution in [-0.4, -0.2) is 10.1 Å². The highest BCUT2D eigenvalue weighted by molar-refractivity contribution is 5.78. The van der Waals surface area contributed by atoms with Crippen LogP contribution < -0.4 is 0 Å². The fraction of sp³-hybridized carbons (Fsp3) is 0.364. The van der Waals surface area contributed by atoms with Crippen LogP contribution in [-0.2, 0) is 6.42 Å². The number of rotatable bonds is 2. The molecule has 3 nitrogen and oxygen atoms in total. The number of benzene rings is 1. The number of aryl methyl sites for hydroxylation is 2. The molecule has 2 rings (SSSR count). The van der Waals surface area contributed by atoms with Crippen molar-refractivity contribution in [3.63, 3.8) is 0 Å². The lowest BCUT2D eigenvalue weighted by Gasteiger charge is -1.93. The van der Waals surface area contributed by atoms with Crippen LogP contribution in [0.3, 0.4) is 0 Å². The summed E-state index contributed by atoms with van der Waals surface area (Å²) >= 11 is 0. The molecule has 3 heteroatoms.